The van der Waals surface area contributed by atoms with Crippen LogP contribution in [0.4, 0.5) is 0 Å². The van der Waals surface area contributed by atoms with Crippen LogP contribution in [0.15, 0.2) is 15.3 Å². The second-order valence-electron chi connectivity index (χ2n) is 2.13. The van der Waals surface area contributed by atoms with Gasteiger partial charge in [0.25, 0.3) is 0 Å². The molecule has 1 heterocycles. The van der Waals surface area contributed by atoms with Gasteiger partial charge in [0.05, 0.1) is 6.20 Å². The number of aromatic nitrogens is 1. The summed E-state index contributed by atoms with van der Waals surface area (Å²) in [6, 6.07) is 0. The molecule has 0 amide bonds. The predicted molar refractivity (Wildman–Crippen MR) is 42.8 cm³/mol. The third-order valence-corrected chi connectivity index (χ3v) is 2.05. The van der Waals surface area contributed by atoms with Gasteiger partial charge in [-0.05, 0) is 15.9 Å². The Kier molecular flexibility index (Phi) is 2.34. The summed E-state index contributed by atoms with van der Waals surface area (Å²) in [7, 11) is -3.04. The Morgan fingerprint density at radius 1 is 1.73 bits per heavy atom. The first-order valence-corrected chi connectivity index (χ1v) is 5.61. The highest BCUT2D eigenvalue weighted by atomic mass is 79.9. The van der Waals surface area contributed by atoms with Gasteiger partial charge in [0.2, 0.25) is 5.89 Å². The van der Waals surface area contributed by atoms with E-state index in [1.807, 2.05) is 0 Å². The first-order valence-electron chi connectivity index (χ1n) is 2.75. The number of rotatable bonds is 2. The maximum atomic E-state index is 10.7. The van der Waals surface area contributed by atoms with E-state index in [1.165, 1.54) is 6.20 Å². The molecule has 6 heteroatoms. The number of halogens is 1. The molecule has 62 valence electrons. The van der Waals surface area contributed by atoms with E-state index in [-0.39, 0.29) is 11.6 Å². The van der Waals surface area contributed by atoms with Crippen LogP contribution in [0.1, 0.15) is 5.89 Å². The van der Waals surface area contributed by atoms with Crippen LogP contribution in [-0.4, -0.2) is 19.7 Å². The van der Waals surface area contributed by atoms with Gasteiger partial charge in [-0.2, -0.15) is 0 Å². The summed E-state index contributed by atoms with van der Waals surface area (Å²) in [5.41, 5.74) is 0. The van der Waals surface area contributed by atoms with Gasteiger partial charge in [0, 0.05) is 6.26 Å². The zero-order valence-electron chi connectivity index (χ0n) is 5.74. The minimum Gasteiger partial charge on any atom is -0.433 e. The van der Waals surface area contributed by atoms with Crippen LogP contribution in [0.25, 0.3) is 0 Å². The minimum absolute atomic E-state index is 0.154. The van der Waals surface area contributed by atoms with Gasteiger partial charge in [-0.25, -0.2) is 13.4 Å². The molecule has 1 rings (SSSR count). The van der Waals surface area contributed by atoms with E-state index in [2.05, 4.69) is 20.9 Å². The summed E-state index contributed by atoms with van der Waals surface area (Å²) in [5, 5.41) is 0. The van der Waals surface area contributed by atoms with Crippen LogP contribution in [-0.2, 0) is 15.6 Å². The Balaban J connectivity index is 2.81. The molecule has 0 atom stereocenters. The van der Waals surface area contributed by atoms with E-state index in [1.54, 1.807) is 0 Å². The van der Waals surface area contributed by atoms with Crippen molar-refractivity contribution in [3.8, 4) is 0 Å². The lowest BCUT2D eigenvalue weighted by Crippen LogP contribution is -2.00. The molecule has 1 aromatic heterocycles. The van der Waals surface area contributed by atoms with Crippen molar-refractivity contribution in [2.45, 2.75) is 5.75 Å². The fourth-order valence-electron chi connectivity index (χ4n) is 0.579. The molecule has 0 N–H and O–H groups in total. The fraction of sp³-hybridized carbons (Fsp3) is 0.400. The van der Waals surface area contributed by atoms with Crippen LogP contribution < -0.4 is 0 Å². The van der Waals surface area contributed by atoms with Gasteiger partial charge < -0.3 is 4.42 Å². The lowest BCUT2D eigenvalue weighted by Gasteiger charge is -1.89. The molecule has 0 unspecified atom stereocenters. The maximum absolute atomic E-state index is 10.7. The highest BCUT2D eigenvalue weighted by Crippen LogP contribution is 2.12. The number of oxazole rings is 1. The molecule has 0 aromatic carbocycles. The van der Waals surface area contributed by atoms with Crippen molar-refractivity contribution >= 4 is 25.8 Å². The molecule has 0 aliphatic rings. The van der Waals surface area contributed by atoms with Crippen LogP contribution in [0, 0.1) is 0 Å². The van der Waals surface area contributed by atoms with Crippen molar-refractivity contribution in [1.82, 2.24) is 4.98 Å². The number of sulfone groups is 1. The molecule has 0 spiro atoms. The molecule has 0 aliphatic heterocycles. The Morgan fingerprint density at radius 3 is 2.73 bits per heavy atom. The SMILES string of the molecule is CS(=O)(=O)Cc1ncc(Br)o1. The first-order chi connectivity index (χ1) is 4.97. The standard InChI is InChI=1S/C5H6BrNO3S/c1-11(8,9)3-5-7-2-4(6)10-5/h2H,3H2,1H3. The summed E-state index contributed by atoms with van der Waals surface area (Å²) in [5.74, 6) is 0.0536. The maximum Gasteiger partial charge on any atom is 0.210 e. The molecule has 0 radical (unpaired) electrons. The smallest absolute Gasteiger partial charge is 0.210 e. The van der Waals surface area contributed by atoms with Crippen molar-refractivity contribution < 1.29 is 12.8 Å². The highest BCUT2D eigenvalue weighted by Gasteiger charge is 2.09. The Morgan fingerprint density at radius 2 is 2.36 bits per heavy atom. The molecule has 4 nitrogen and oxygen atoms in total. The third-order valence-electron chi connectivity index (χ3n) is 0.911. The molecule has 0 fully saturated rings. The highest BCUT2D eigenvalue weighted by molar-refractivity contribution is 9.10. The van der Waals surface area contributed by atoms with Gasteiger partial charge in [0.1, 0.15) is 5.75 Å². The Labute approximate surface area is 72.7 Å². The topological polar surface area (TPSA) is 60.2 Å². The van der Waals surface area contributed by atoms with E-state index < -0.39 is 9.84 Å². The lowest BCUT2D eigenvalue weighted by atomic mass is 10.8. The van der Waals surface area contributed by atoms with Crippen LogP contribution >= 0.6 is 15.9 Å². The first kappa shape index (κ1) is 8.73. The van der Waals surface area contributed by atoms with Crippen LogP contribution in [0.2, 0.25) is 0 Å². The second kappa shape index (κ2) is 2.94. The Bertz CT molecular complexity index is 342. The molecule has 11 heavy (non-hydrogen) atoms. The van der Waals surface area contributed by atoms with Gasteiger partial charge in [0.15, 0.2) is 14.5 Å². The number of hydrogen-bond donors (Lipinski definition) is 0. The summed E-state index contributed by atoms with van der Waals surface area (Å²) in [6.45, 7) is 0. The van der Waals surface area contributed by atoms with Crippen molar-refractivity contribution in [2.75, 3.05) is 6.26 Å². The molecule has 0 saturated carbocycles. The molecule has 0 aliphatic carbocycles. The van der Waals surface area contributed by atoms with E-state index in [0.717, 1.165) is 6.26 Å². The van der Waals surface area contributed by atoms with E-state index in [4.69, 9.17) is 4.42 Å². The van der Waals surface area contributed by atoms with Crippen molar-refractivity contribution in [3.05, 3.63) is 16.8 Å². The zero-order valence-corrected chi connectivity index (χ0v) is 8.15. The second-order valence-corrected chi connectivity index (χ2v) is 5.05. The molecular formula is C5H6BrNO3S. The van der Waals surface area contributed by atoms with Gasteiger partial charge >= 0.3 is 0 Å². The van der Waals surface area contributed by atoms with Crippen LogP contribution in [0.3, 0.4) is 0 Å². The Hall–Kier alpha value is -0.360. The monoisotopic (exact) mass is 239 g/mol. The largest absolute Gasteiger partial charge is 0.433 e. The predicted octanol–water partition coefficient (Wildman–Crippen LogP) is 0.982. The lowest BCUT2D eigenvalue weighted by molar-refractivity contribution is 0.489. The molecule has 0 saturated heterocycles. The average molecular weight is 240 g/mol. The van der Waals surface area contributed by atoms with Crippen molar-refractivity contribution in [2.24, 2.45) is 0 Å². The van der Waals surface area contributed by atoms with Gasteiger partial charge in [-0.3, -0.25) is 0 Å². The quantitative estimate of drug-likeness (QED) is 0.773. The summed E-state index contributed by atoms with van der Waals surface area (Å²) < 4.78 is 26.7. The van der Waals surface area contributed by atoms with Gasteiger partial charge in [-0.15, -0.1) is 0 Å². The summed E-state index contributed by atoms with van der Waals surface area (Å²) in [4.78, 5) is 3.71. The zero-order chi connectivity index (χ0) is 8.48. The van der Waals surface area contributed by atoms with E-state index in [9.17, 15) is 8.42 Å². The molecule has 1 aromatic rings. The average Bonchev–Trinajstić information content (AvgIpc) is 2.10. The van der Waals surface area contributed by atoms with Crippen molar-refractivity contribution in [1.29, 1.82) is 0 Å². The van der Waals surface area contributed by atoms with Crippen LogP contribution in [0.5, 0.6) is 0 Å². The third kappa shape index (κ3) is 3.02. The van der Waals surface area contributed by atoms with Crippen molar-refractivity contribution in [3.63, 3.8) is 0 Å². The summed E-state index contributed by atoms with van der Waals surface area (Å²) in [6.07, 6.45) is 2.55. The van der Waals surface area contributed by atoms with E-state index in [0.29, 0.717) is 4.67 Å². The normalized spacial score (nSPS) is 11.8. The van der Waals surface area contributed by atoms with E-state index >= 15 is 0 Å². The summed E-state index contributed by atoms with van der Waals surface area (Å²) >= 11 is 3.02. The number of hydrogen-bond acceptors (Lipinski definition) is 4. The fourth-order valence-corrected chi connectivity index (χ4v) is 1.45. The molecule has 0 bridgehead atoms. The van der Waals surface area contributed by atoms with Gasteiger partial charge in [-0.1, -0.05) is 0 Å². The molecular weight excluding hydrogens is 234 g/mol. The minimum atomic E-state index is -3.04. The number of nitrogens with zero attached hydrogens (tertiary/aromatic N) is 1.